The molecule has 7 heteroatoms. The molecule has 10 aromatic rings. The van der Waals surface area contributed by atoms with Gasteiger partial charge in [0.05, 0.1) is 11.4 Å². The number of benzene rings is 10. The first-order valence-corrected chi connectivity index (χ1v) is 23.7. The van der Waals surface area contributed by atoms with Crippen LogP contribution in [0.2, 0.25) is 0 Å². The van der Waals surface area contributed by atoms with Gasteiger partial charge in [0.2, 0.25) is 0 Å². The average Bonchev–Trinajstić information content (AvgIpc) is 3.39. The third-order valence-electron chi connectivity index (χ3n) is 13.8. The van der Waals surface area contributed by atoms with E-state index in [1.165, 1.54) is 37.3 Å². The summed E-state index contributed by atoms with van der Waals surface area (Å²) in [6, 6.07) is 83.0. The molecule has 0 N–H and O–H groups in total. The molecule has 0 aromatic heterocycles. The van der Waals surface area contributed by atoms with Crippen LogP contribution in [0.25, 0.3) is 22.3 Å². The van der Waals surface area contributed by atoms with Crippen LogP contribution >= 0.6 is 11.8 Å². The Hall–Kier alpha value is -8.12. The standard InChI is InChI=1S/C60H38B2N2O2S/c1-5-19-39(20-6-1)41-33-52-59-55(34-41)65-53-38-54-49(37-48(53)61(59)46-28-14-17-31-51(46)64(52)50-30-16-13-27-45(50)40-21-7-2-8-22-40)62-47-29-15-18-32-57(47)67-58-36-44(35-56(66-54)60(58)62)63(42-23-9-3-10-24-42)43-25-11-4-12-26-43/h1-38H. The minimum absolute atomic E-state index is 0.0399. The SMILES string of the molecule is c1ccc(-c2cc3c4c(c2)N(c2ccccc2-c2ccccc2)c2ccccc2B4c2cc4c(cc2O3)Oc2cc(N(c3ccccc3)c3ccccc3)cc3c2B4c2ccccc2S3)cc1. The molecule has 14 rings (SSSR count). The van der Waals surface area contributed by atoms with E-state index in [4.69, 9.17) is 9.47 Å². The summed E-state index contributed by atoms with van der Waals surface area (Å²) >= 11 is 1.83. The summed E-state index contributed by atoms with van der Waals surface area (Å²) in [5.74, 6) is 3.35. The third-order valence-corrected chi connectivity index (χ3v) is 14.9. The molecule has 4 aliphatic rings. The lowest BCUT2D eigenvalue weighted by atomic mass is 9.31. The fourth-order valence-corrected chi connectivity index (χ4v) is 12.1. The van der Waals surface area contributed by atoms with E-state index in [0.29, 0.717) is 0 Å². The van der Waals surface area contributed by atoms with Crippen molar-refractivity contribution < 1.29 is 9.47 Å². The van der Waals surface area contributed by atoms with Crippen LogP contribution in [0.15, 0.2) is 240 Å². The molecule has 312 valence electrons. The monoisotopic (exact) mass is 872 g/mol. The highest BCUT2D eigenvalue weighted by molar-refractivity contribution is 8.00. The van der Waals surface area contributed by atoms with Gasteiger partial charge in [0, 0.05) is 50.2 Å². The highest BCUT2D eigenvalue weighted by Gasteiger charge is 2.46. The van der Waals surface area contributed by atoms with Gasteiger partial charge in [-0.2, -0.15) is 0 Å². The predicted molar refractivity (Wildman–Crippen MR) is 280 cm³/mol. The van der Waals surface area contributed by atoms with Crippen molar-refractivity contribution in [2.45, 2.75) is 9.79 Å². The van der Waals surface area contributed by atoms with Crippen molar-refractivity contribution in [3.05, 3.63) is 231 Å². The number of hydrogen-bond acceptors (Lipinski definition) is 5. The van der Waals surface area contributed by atoms with E-state index in [-0.39, 0.29) is 13.4 Å². The first-order valence-electron chi connectivity index (χ1n) is 22.9. The lowest BCUT2D eigenvalue weighted by Gasteiger charge is -2.41. The Balaban J connectivity index is 0.980. The van der Waals surface area contributed by atoms with Crippen LogP contribution in [0.4, 0.5) is 34.1 Å². The van der Waals surface area contributed by atoms with Crippen LogP contribution in [0.3, 0.4) is 0 Å². The van der Waals surface area contributed by atoms with Crippen LogP contribution in [-0.2, 0) is 0 Å². The molecule has 4 heterocycles. The normalized spacial score (nSPS) is 13.2. The second-order valence-corrected chi connectivity index (χ2v) is 18.6. The molecule has 0 bridgehead atoms. The average molecular weight is 873 g/mol. The minimum Gasteiger partial charge on any atom is -0.458 e. The molecule has 67 heavy (non-hydrogen) atoms. The summed E-state index contributed by atoms with van der Waals surface area (Å²) < 4.78 is 14.5. The van der Waals surface area contributed by atoms with Gasteiger partial charge in [0.25, 0.3) is 13.4 Å². The van der Waals surface area contributed by atoms with Crippen molar-refractivity contribution in [2.24, 2.45) is 0 Å². The van der Waals surface area contributed by atoms with Crippen LogP contribution in [0, 0.1) is 0 Å². The van der Waals surface area contributed by atoms with E-state index in [9.17, 15) is 0 Å². The van der Waals surface area contributed by atoms with Gasteiger partial charge in [-0.1, -0.05) is 175 Å². The summed E-state index contributed by atoms with van der Waals surface area (Å²) in [6.07, 6.45) is 0. The molecule has 0 saturated heterocycles. The Morgan fingerprint density at radius 1 is 0.343 bits per heavy atom. The molecular weight excluding hydrogens is 834 g/mol. The Morgan fingerprint density at radius 2 is 0.896 bits per heavy atom. The Kier molecular flexibility index (Phi) is 8.68. The lowest BCUT2D eigenvalue weighted by molar-refractivity contribution is 0.465. The van der Waals surface area contributed by atoms with Crippen LogP contribution in [0.5, 0.6) is 23.0 Å². The van der Waals surface area contributed by atoms with Crippen LogP contribution in [0.1, 0.15) is 0 Å². The van der Waals surface area contributed by atoms with E-state index in [1.807, 2.05) is 11.8 Å². The highest BCUT2D eigenvalue weighted by Crippen LogP contribution is 2.48. The second-order valence-electron chi connectivity index (χ2n) is 17.6. The molecule has 4 aliphatic heterocycles. The largest absolute Gasteiger partial charge is 0.458 e. The number of hydrogen-bond donors (Lipinski definition) is 0. The lowest BCUT2D eigenvalue weighted by Crippen LogP contribution is -2.62. The fourth-order valence-electron chi connectivity index (χ4n) is 10.9. The van der Waals surface area contributed by atoms with Crippen LogP contribution < -0.4 is 52.1 Å². The van der Waals surface area contributed by atoms with Gasteiger partial charge in [0.15, 0.2) is 0 Å². The molecule has 10 aromatic carbocycles. The first kappa shape index (κ1) is 38.2. The van der Waals surface area contributed by atoms with Gasteiger partial charge in [-0.25, -0.2) is 0 Å². The molecule has 0 fully saturated rings. The second kappa shape index (κ2) is 15.2. The number of para-hydroxylation sites is 4. The maximum Gasteiger partial charge on any atom is 0.256 e. The Morgan fingerprint density at radius 3 is 1.60 bits per heavy atom. The summed E-state index contributed by atoms with van der Waals surface area (Å²) in [7, 11) is 0. The zero-order valence-corrected chi connectivity index (χ0v) is 37.0. The summed E-state index contributed by atoms with van der Waals surface area (Å²) in [6.45, 7) is -0.135. The highest BCUT2D eigenvalue weighted by atomic mass is 32.2. The number of rotatable bonds is 6. The van der Waals surface area contributed by atoms with Crippen LogP contribution in [-0.4, -0.2) is 13.4 Å². The molecule has 4 nitrogen and oxygen atoms in total. The van der Waals surface area contributed by atoms with E-state index in [1.54, 1.807) is 0 Å². The van der Waals surface area contributed by atoms with E-state index in [0.717, 1.165) is 84.6 Å². The van der Waals surface area contributed by atoms with Crippen molar-refractivity contribution in [3.8, 4) is 45.3 Å². The zero-order chi connectivity index (χ0) is 44.0. The van der Waals surface area contributed by atoms with Gasteiger partial charge in [0.1, 0.15) is 23.0 Å². The zero-order valence-electron chi connectivity index (χ0n) is 36.2. The van der Waals surface area contributed by atoms with E-state index < -0.39 is 0 Å². The maximum absolute atomic E-state index is 7.29. The van der Waals surface area contributed by atoms with Crippen molar-refractivity contribution >= 4 is 92.1 Å². The number of nitrogens with zero attached hydrogens (tertiary/aromatic N) is 2. The van der Waals surface area contributed by atoms with Gasteiger partial charge in [-0.05, 0) is 105 Å². The van der Waals surface area contributed by atoms with Crippen molar-refractivity contribution in [1.82, 2.24) is 0 Å². The quantitative estimate of drug-likeness (QED) is 0.155. The van der Waals surface area contributed by atoms with E-state index in [2.05, 4.69) is 240 Å². The number of ether oxygens (including phenoxy) is 2. The molecule has 0 spiro atoms. The Bertz CT molecular complexity index is 3550. The molecule has 0 saturated carbocycles. The maximum atomic E-state index is 7.29. The molecule has 0 amide bonds. The molecule has 0 atom stereocenters. The fraction of sp³-hybridized carbons (Fsp3) is 0. The van der Waals surface area contributed by atoms with Gasteiger partial charge in [-0.3, -0.25) is 0 Å². The Labute approximate surface area is 394 Å². The third kappa shape index (κ3) is 6.05. The molecule has 0 aliphatic carbocycles. The van der Waals surface area contributed by atoms with Crippen molar-refractivity contribution in [1.29, 1.82) is 0 Å². The summed E-state index contributed by atoms with van der Waals surface area (Å²) in [5, 5.41) is 0. The summed E-state index contributed by atoms with van der Waals surface area (Å²) in [4.78, 5) is 7.25. The van der Waals surface area contributed by atoms with Crippen molar-refractivity contribution in [2.75, 3.05) is 9.80 Å². The molecule has 0 radical (unpaired) electrons. The number of anilines is 6. The minimum atomic E-state index is -0.0954. The molecule has 0 unspecified atom stereocenters. The van der Waals surface area contributed by atoms with Gasteiger partial charge >= 0.3 is 0 Å². The number of fused-ring (bicyclic) bond motifs is 8. The molecular formula is C60H38B2N2O2S. The van der Waals surface area contributed by atoms with Crippen molar-refractivity contribution in [3.63, 3.8) is 0 Å². The van der Waals surface area contributed by atoms with Gasteiger partial charge < -0.3 is 19.3 Å². The topological polar surface area (TPSA) is 24.9 Å². The first-order chi connectivity index (χ1) is 33.2. The van der Waals surface area contributed by atoms with Gasteiger partial charge in [-0.15, -0.1) is 0 Å². The van der Waals surface area contributed by atoms with E-state index >= 15 is 0 Å². The predicted octanol–water partition coefficient (Wildman–Crippen LogP) is 12.0. The smallest absolute Gasteiger partial charge is 0.256 e. The summed E-state index contributed by atoms with van der Waals surface area (Å²) in [5.41, 5.74) is 18.4.